The third-order valence-electron chi connectivity index (χ3n) is 1.88. The van der Waals surface area contributed by atoms with Crippen LogP contribution in [0, 0.1) is 0 Å². The molecule has 0 radical (unpaired) electrons. The third kappa shape index (κ3) is 1.74. The van der Waals surface area contributed by atoms with E-state index >= 15 is 0 Å². The lowest BCUT2D eigenvalue weighted by atomic mass is 9.86. The smallest absolute Gasteiger partial charge is 0.0534 e. The van der Waals surface area contributed by atoms with Gasteiger partial charge in [0.15, 0.2) is 0 Å². The van der Waals surface area contributed by atoms with Crippen molar-refractivity contribution in [3.05, 3.63) is 24.0 Å². The van der Waals surface area contributed by atoms with Gasteiger partial charge < -0.3 is 5.73 Å². The van der Waals surface area contributed by atoms with E-state index in [2.05, 4.69) is 24.0 Å². The van der Waals surface area contributed by atoms with Crippen LogP contribution in [0.4, 0.5) is 0 Å². The molecule has 0 bridgehead atoms. The molecule has 1 aromatic heterocycles. The number of nitrogens with two attached hydrogens (primary N) is 1. The van der Waals surface area contributed by atoms with Gasteiger partial charge in [-0.1, -0.05) is 13.8 Å². The molecule has 1 aromatic rings. The van der Waals surface area contributed by atoms with Crippen molar-refractivity contribution in [3.8, 4) is 0 Å². The standard InChI is InChI=1S/C8H13N3/c1-8(2,6-9)7-3-4-10-11-5-7/h3-5H,6,9H2,1-2H3. The highest BCUT2D eigenvalue weighted by atomic mass is 15.1. The first-order chi connectivity index (χ1) is 5.17. The molecule has 1 rings (SSSR count). The van der Waals surface area contributed by atoms with Gasteiger partial charge in [-0.25, -0.2) is 0 Å². The molecule has 0 aliphatic heterocycles. The molecule has 2 N–H and O–H groups in total. The van der Waals surface area contributed by atoms with E-state index in [1.54, 1.807) is 12.4 Å². The second-order valence-electron chi connectivity index (χ2n) is 3.22. The molecule has 0 aliphatic carbocycles. The van der Waals surface area contributed by atoms with Crippen molar-refractivity contribution in [1.82, 2.24) is 10.2 Å². The summed E-state index contributed by atoms with van der Waals surface area (Å²) in [6.45, 7) is 4.80. The van der Waals surface area contributed by atoms with E-state index in [0.717, 1.165) is 5.56 Å². The summed E-state index contributed by atoms with van der Waals surface area (Å²) in [5.74, 6) is 0. The van der Waals surface area contributed by atoms with E-state index in [4.69, 9.17) is 5.73 Å². The van der Waals surface area contributed by atoms with Gasteiger partial charge in [0.25, 0.3) is 0 Å². The molecular formula is C8H13N3. The Balaban J connectivity index is 2.93. The average molecular weight is 151 g/mol. The first-order valence-electron chi connectivity index (χ1n) is 3.64. The SMILES string of the molecule is CC(C)(CN)c1ccnnc1. The van der Waals surface area contributed by atoms with E-state index in [1.807, 2.05) is 6.07 Å². The fourth-order valence-corrected chi connectivity index (χ4v) is 0.809. The molecule has 0 aromatic carbocycles. The molecule has 3 nitrogen and oxygen atoms in total. The van der Waals surface area contributed by atoms with Crippen molar-refractivity contribution in [2.75, 3.05) is 6.54 Å². The number of nitrogens with zero attached hydrogens (tertiary/aromatic N) is 2. The Hall–Kier alpha value is -0.960. The first-order valence-corrected chi connectivity index (χ1v) is 3.64. The van der Waals surface area contributed by atoms with Crippen molar-refractivity contribution < 1.29 is 0 Å². The third-order valence-corrected chi connectivity index (χ3v) is 1.88. The van der Waals surface area contributed by atoms with Gasteiger partial charge in [-0.15, -0.1) is 0 Å². The van der Waals surface area contributed by atoms with E-state index in [-0.39, 0.29) is 5.41 Å². The van der Waals surface area contributed by atoms with E-state index in [0.29, 0.717) is 6.54 Å². The summed E-state index contributed by atoms with van der Waals surface area (Å²) in [5.41, 5.74) is 6.73. The van der Waals surface area contributed by atoms with Gasteiger partial charge in [-0.05, 0) is 11.6 Å². The topological polar surface area (TPSA) is 51.8 Å². The largest absolute Gasteiger partial charge is 0.330 e. The molecule has 0 saturated heterocycles. The Morgan fingerprint density at radius 3 is 2.64 bits per heavy atom. The molecule has 0 saturated carbocycles. The average Bonchev–Trinajstić information content (AvgIpc) is 2.06. The Kier molecular flexibility index (Phi) is 2.19. The van der Waals surface area contributed by atoms with E-state index in [9.17, 15) is 0 Å². The van der Waals surface area contributed by atoms with Gasteiger partial charge >= 0.3 is 0 Å². The maximum absolute atomic E-state index is 5.59. The lowest BCUT2D eigenvalue weighted by molar-refractivity contribution is 0.535. The van der Waals surface area contributed by atoms with Crippen molar-refractivity contribution in [3.63, 3.8) is 0 Å². The van der Waals surface area contributed by atoms with E-state index < -0.39 is 0 Å². The zero-order valence-corrected chi connectivity index (χ0v) is 6.91. The summed E-state index contributed by atoms with van der Waals surface area (Å²) < 4.78 is 0. The summed E-state index contributed by atoms with van der Waals surface area (Å²) in [4.78, 5) is 0. The van der Waals surface area contributed by atoms with Crippen molar-refractivity contribution in [1.29, 1.82) is 0 Å². The normalized spacial score (nSPS) is 11.5. The predicted octanol–water partition coefficient (Wildman–Crippen LogP) is 0.713. The highest BCUT2D eigenvalue weighted by Crippen LogP contribution is 2.19. The molecule has 3 heteroatoms. The lowest BCUT2D eigenvalue weighted by Crippen LogP contribution is -2.28. The molecular weight excluding hydrogens is 138 g/mol. The molecule has 0 atom stereocenters. The molecule has 0 unspecified atom stereocenters. The van der Waals surface area contributed by atoms with Crippen LogP contribution in [-0.2, 0) is 5.41 Å². The zero-order valence-electron chi connectivity index (χ0n) is 6.91. The summed E-state index contributed by atoms with van der Waals surface area (Å²) in [7, 11) is 0. The van der Waals surface area contributed by atoms with Gasteiger partial charge in [0, 0.05) is 18.2 Å². The number of rotatable bonds is 2. The Bertz CT molecular complexity index is 218. The van der Waals surface area contributed by atoms with Gasteiger partial charge in [-0.3, -0.25) is 0 Å². The fourth-order valence-electron chi connectivity index (χ4n) is 0.809. The van der Waals surface area contributed by atoms with Crippen molar-refractivity contribution >= 4 is 0 Å². The minimum absolute atomic E-state index is 0.00986. The van der Waals surface area contributed by atoms with Crippen LogP contribution < -0.4 is 5.73 Å². The van der Waals surface area contributed by atoms with Crippen LogP contribution in [0.3, 0.4) is 0 Å². The highest BCUT2D eigenvalue weighted by molar-refractivity contribution is 5.17. The molecule has 11 heavy (non-hydrogen) atoms. The maximum Gasteiger partial charge on any atom is 0.0534 e. The number of hydrogen-bond donors (Lipinski definition) is 1. The first kappa shape index (κ1) is 8.14. The second kappa shape index (κ2) is 2.96. The predicted molar refractivity (Wildman–Crippen MR) is 44.1 cm³/mol. The highest BCUT2D eigenvalue weighted by Gasteiger charge is 2.17. The lowest BCUT2D eigenvalue weighted by Gasteiger charge is -2.21. The summed E-state index contributed by atoms with van der Waals surface area (Å²) in [6, 6.07) is 1.94. The fraction of sp³-hybridized carbons (Fsp3) is 0.500. The quantitative estimate of drug-likeness (QED) is 0.677. The van der Waals surface area contributed by atoms with Crippen molar-refractivity contribution in [2.24, 2.45) is 5.73 Å². The molecule has 0 amide bonds. The molecule has 0 fully saturated rings. The van der Waals surface area contributed by atoms with E-state index in [1.165, 1.54) is 0 Å². The zero-order chi connectivity index (χ0) is 8.32. The summed E-state index contributed by atoms with van der Waals surface area (Å²) in [6.07, 6.45) is 3.44. The molecule has 0 aliphatic rings. The van der Waals surface area contributed by atoms with Crippen LogP contribution in [0.15, 0.2) is 18.5 Å². The minimum atomic E-state index is 0.00986. The second-order valence-corrected chi connectivity index (χ2v) is 3.22. The van der Waals surface area contributed by atoms with Crippen LogP contribution in [0.1, 0.15) is 19.4 Å². The Labute approximate surface area is 66.6 Å². The maximum atomic E-state index is 5.59. The number of aromatic nitrogens is 2. The van der Waals surface area contributed by atoms with Gasteiger partial charge in [0.05, 0.1) is 6.20 Å². The van der Waals surface area contributed by atoms with Crippen LogP contribution in [0.2, 0.25) is 0 Å². The van der Waals surface area contributed by atoms with Crippen LogP contribution in [-0.4, -0.2) is 16.7 Å². The molecule has 0 spiro atoms. The Morgan fingerprint density at radius 1 is 1.45 bits per heavy atom. The van der Waals surface area contributed by atoms with Gasteiger partial charge in [-0.2, -0.15) is 10.2 Å². The molecule has 1 heterocycles. The van der Waals surface area contributed by atoms with Gasteiger partial charge in [0.1, 0.15) is 0 Å². The summed E-state index contributed by atoms with van der Waals surface area (Å²) >= 11 is 0. The van der Waals surface area contributed by atoms with Crippen molar-refractivity contribution in [2.45, 2.75) is 19.3 Å². The van der Waals surface area contributed by atoms with Crippen LogP contribution >= 0.6 is 0 Å². The van der Waals surface area contributed by atoms with Gasteiger partial charge in [0.2, 0.25) is 0 Å². The number of hydrogen-bond acceptors (Lipinski definition) is 3. The molecule has 60 valence electrons. The van der Waals surface area contributed by atoms with Crippen LogP contribution in [0.25, 0.3) is 0 Å². The monoisotopic (exact) mass is 151 g/mol. The minimum Gasteiger partial charge on any atom is -0.330 e. The Morgan fingerprint density at radius 2 is 2.18 bits per heavy atom. The summed E-state index contributed by atoms with van der Waals surface area (Å²) in [5, 5.41) is 7.50. The van der Waals surface area contributed by atoms with Crippen LogP contribution in [0.5, 0.6) is 0 Å².